The lowest BCUT2D eigenvalue weighted by molar-refractivity contribution is 0.273. The van der Waals surface area contributed by atoms with Crippen LogP contribution in [0.3, 0.4) is 0 Å². The van der Waals surface area contributed by atoms with E-state index in [4.69, 9.17) is 21.1 Å². The van der Waals surface area contributed by atoms with Crippen LogP contribution in [0.25, 0.3) is 0 Å². The predicted molar refractivity (Wildman–Crippen MR) is 59.9 cm³/mol. The lowest BCUT2D eigenvalue weighted by Crippen LogP contribution is -1.99. The van der Waals surface area contributed by atoms with Gasteiger partial charge in [0.25, 0.3) is 0 Å². The van der Waals surface area contributed by atoms with E-state index in [1.807, 2.05) is 13.0 Å². The molecule has 0 unspecified atom stereocenters. The monoisotopic (exact) mass is 230 g/mol. The van der Waals surface area contributed by atoms with Crippen LogP contribution in [0.2, 0.25) is 5.02 Å². The summed E-state index contributed by atoms with van der Waals surface area (Å²) in [5.74, 6) is 1.10. The summed E-state index contributed by atoms with van der Waals surface area (Å²) in [5.41, 5.74) is 1.65. The van der Waals surface area contributed by atoms with Crippen LogP contribution in [-0.2, 0) is 13.0 Å². The van der Waals surface area contributed by atoms with Gasteiger partial charge in [0.15, 0.2) is 0 Å². The molecule has 0 aliphatic rings. The van der Waals surface area contributed by atoms with Crippen molar-refractivity contribution < 1.29 is 14.6 Å². The van der Waals surface area contributed by atoms with Gasteiger partial charge >= 0.3 is 0 Å². The zero-order valence-corrected chi connectivity index (χ0v) is 9.89. The van der Waals surface area contributed by atoms with Gasteiger partial charge < -0.3 is 14.6 Å². The van der Waals surface area contributed by atoms with Crippen LogP contribution >= 0.6 is 11.6 Å². The van der Waals surface area contributed by atoms with E-state index in [0.29, 0.717) is 22.1 Å². The molecule has 1 aromatic rings. The summed E-state index contributed by atoms with van der Waals surface area (Å²) in [4.78, 5) is 0. The summed E-state index contributed by atoms with van der Waals surface area (Å²) in [6.07, 6.45) is 0.792. The second kappa shape index (κ2) is 5.24. The van der Waals surface area contributed by atoms with Crippen molar-refractivity contribution in [2.24, 2.45) is 0 Å². The minimum absolute atomic E-state index is 0.0973. The van der Waals surface area contributed by atoms with Crippen molar-refractivity contribution in [1.82, 2.24) is 0 Å². The Morgan fingerprint density at radius 1 is 1.20 bits per heavy atom. The second-order valence-electron chi connectivity index (χ2n) is 3.09. The molecule has 0 aliphatic carbocycles. The molecular formula is C11H15ClO3. The van der Waals surface area contributed by atoms with E-state index in [-0.39, 0.29) is 6.61 Å². The molecule has 0 radical (unpaired) electrons. The third-order valence-corrected chi connectivity index (χ3v) is 2.63. The summed E-state index contributed by atoms with van der Waals surface area (Å²) in [6, 6.07) is 1.85. The molecule has 0 atom stereocenters. The van der Waals surface area contributed by atoms with E-state index >= 15 is 0 Å². The van der Waals surface area contributed by atoms with Gasteiger partial charge in [-0.05, 0) is 18.1 Å². The maximum atomic E-state index is 9.18. The lowest BCUT2D eigenvalue weighted by Gasteiger charge is -2.15. The van der Waals surface area contributed by atoms with Crippen LogP contribution in [0.4, 0.5) is 0 Å². The van der Waals surface area contributed by atoms with Gasteiger partial charge in [0, 0.05) is 5.56 Å². The van der Waals surface area contributed by atoms with Gasteiger partial charge in [0.05, 0.1) is 20.8 Å². The van der Waals surface area contributed by atoms with Gasteiger partial charge in [-0.15, -0.1) is 0 Å². The molecule has 1 aromatic carbocycles. The molecule has 0 saturated carbocycles. The Morgan fingerprint density at radius 3 is 2.13 bits per heavy atom. The predicted octanol–water partition coefficient (Wildman–Crippen LogP) is 2.41. The third kappa shape index (κ3) is 2.19. The molecule has 0 fully saturated rings. The fourth-order valence-corrected chi connectivity index (χ4v) is 1.94. The third-order valence-electron chi connectivity index (χ3n) is 2.29. The van der Waals surface area contributed by atoms with E-state index in [9.17, 15) is 5.11 Å². The average Bonchev–Trinajstić information content (AvgIpc) is 2.27. The van der Waals surface area contributed by atoms with Gasteiger partial charge in [-0.3, -0.25) is 0 Å². The topological polar surface area (TPSA) is 38.7 Å². The minimum atomic E-state index is -0.0973. The van der Waals surface area contributed by atoms with Crippen molar-refractivity contribution in [2.75, 3.05) is 14.2 Å². The second-order valence-corrected chi connectivity index (χ2v) is 3.46. The van der Waals surface area contributed by atoms with Crippen molar-refractivity contribution in [3.05, 3.63) is 22.2 Å². The van der Waals surface area contributed by atoms with Crippen molar-refractivity contribution in [1.29, 1.82) is 0 Å². The smallest absolute Gasteiger partial charge is 0.146 e. The van der Waals surface area contributed by atoms with E-state index in [2.05, 4.69) is 0 Å². The molecule has 3 nitrogen and oxygen atoms in total. The van der Waals surface area contributed by atoms with Crippen LogP contribution in [-0.4, -0.2) is 19.3 Å². The Kier molecular flexibility index (Phi) is 4.24. The van der Waals surface area contributed by atoms with Gasteiger partial charge in [0.2, 0.25) is 0 Å². The average molecular weight is 231 g/mol. The summed E-state index contributed by atoms with van der Waals surface area (Å²) in [5, 5.41) is 9.60. The fourth-order valence-electron chi connectivity index (χ4n) is 1.55. The number of halogens is 1. The molecule has 0 heterocycles. The highest BCUT2D eigenvalue weighted by Gasteiger charge is 2.16. The van der Waals surface area contributed by atoms with E-state index in [1.165, 1.54) is 7.11 Å². The van der Waals surface area contributed by atoms with Crippen LogP contribution in [0.1, 0.15) is 18.1 Å². The Labute approximate surface area is 94.6 Å². The van der Waals surface area contributed by atoms with Crippen molar-refractivity contribution in [3.63, 3.8) is 0 Å². The summed E-state index contributed by atoms with van der Waals surface area (Å²) < 4.78 is 10.4. The maximum absolute atomic E-state index is 9.18. The number of hydrogen-bond acceptors (Lipinski definition) is 3. The normalized spacial score (nSPS) is 10.2. The van der Waals surface area contributed by atoms with Crippen molar-refractivity contribution in [3.8, 4) is 11.5 Å². The van der Waals surface area contributed by atoms with Gasteiger partial charge in [-0.2, -0.15) is 0 Å². The zero-order valence-electron chi connectivity index (χ0n) is 9.13. The number of aliphatic hydroxyl groups is 1. The maximum Gasteiger partial charge on any atom is 0.146 e. The van der Waals surface area contributed by atoms with Crippen molar-refractivity contribution in [2.45, 2.75) is 20.0 Å². The largest absolute Gasteiger partial charge is 0.495 e. The number of hydrogen-bond donors (Lipinski definition) is 1. The molecule has 84 valence electrons. The number of aliphatic hydroxyl groups excluding tert-OH is 1. The first-order valence-electron chi connectivity index (χ1n) is 4.72. The van der Waals surface area contributed by atoms with E-state index < -0.39 is 0 Å². The molecule has 1 rings (SSSR count). The number of ether oxygens (including phenoxy) is 2. The molecule has 15 heavy (non-hydrogen) atoms. The SMILES string of the molecule is CCc1cc(CO)c(OC)c(Cl)c1OC. The zero-order chi connectivity index (χ0) is 11.4. The van der Waals surface area contributed by atoms with Crippen LogP contribution in [0.15, 0.2) is 6.07 Å². The van der Waals surface area contributed by atoms with Gasteiger partial charge in [-0.1, -0.05) is 18.5 Å². The highest BCUT2D eigenvalue weighted by molar-refractivity contribution is 6.33. The molecule has 0 bridgehead atoms. The van der Waals surface area contributed by atoms with Gasteiger partial charge in [-0.25, -0.2) is 0 Å². The lowest BCUT2D eigenvalue weighted by atomic mass is 10.1. The molecule has 0 amide bonds. The minimum Gasteiger partial charge on any atom is -0.495 e. The number of benzene rings is 1. The van der Waals surface area contributed by atoms with E-state index in [1.54, 1.807) is 7.11 Å². The van der Waals surface area contributed by atoms with Crippen LogP contribution in [0.5, 0.6) is 11.5 Å². The summed E-state index contributed by atoms with van der Waals surface area (Å²) in [7, 11) is 3.09. The Bertz CT molecular complexity index is 320. The van der Waals surface area contributed by atoms with Gasteiger partial charge in [0.1, 0.15) is 16.5 Å². The first-order valence-corrected chi connectivity index (χ1v) is 5.10. The number of rotatable bonds is 4. The highest BCUT2D eigenvalue weighted by atomic mass is 35.5. The molecule has 0 saturated heterocycles. The molecule has 4 heteroatoms. The van der Waals surface area contributed by atoms with Crippen LogP contribution < -0.4 is 9.47 Å². The Morgan fingerprint density at radius 2 is 1.73 bits per heavy atom. The molecule has 0 aliphatic heterocycles. The highest BCUT2D eigenvalue weighted by Crippen LogP contribution is 2.40. The summed E-state index contributed by atoms with van der Waals surface area (Å²) >= 11 is 6.12. The summed E-state index contributed by atoms with van der Waals surface area (Å²) in [6.45, 7) is 1.90. The molecule has 1 N–H and O–H groups in total. The Hall–Kier alpha value is -0.930. The molecule has 0 spiro atoms. The quantitative estimate of drug-likeness (QED) is 0.864. The standard InChI is InChI=1S/C11H15ClO3/c1-4-7-5-8(6-13)11(15-3)9(12)10(7)14-2/h5,13H,4,6H2,1-3H3. The number of aryl methyl sites for hydroxylation is 1. The molecular weight excluding hydrogens is 216 g/mol. The number of methoxy groups -OCH3 is 2. The Balaban J connectivity index is 3.41. The van der Waals surface area contributed by atoms with E-state index in [0.717, 1.165) is 12.0 Å². The first kappa shape index (κ1) is 12.1. The first-order chi connectivity index (χ1) is 7.19. The fraction of sp³-hybridized carbons (Fsp3) is 0.455. The van der Waals surface area contributed by atoms with Crippen molar-refractivity contribution >= 4 is 11.6 Å². The van der Waals surface area contributed by atoms with Crippen LogP contribution in [0, 0.1) is 0 Å². The molecule has 0 aromatic heterocycles.